The highest BCUT2D eigenvalue weighted by Gasteiger charge is 2.14. The fraction of sp³-hybridized carbons (Fsp3) is 0. The first-order valence-corrected chi connectivity index (χ1v) is 6.22. The Hall–Kier alpha value is -2.28. The van der Waals surface area contributed by atoms with Gasteiger partial charge in [0.15, 0.2) is 0 Å². The Labute approximate surface area is 121 Å². The van der Waals surface area contributed by atoms with Crippen LogP contribution in [-0.2, 0) is 0 Å². The zero-order valence-electron chi connectivity index (χ0n) is 9.93. The molecule has 1 aromatic carbocycles. The number of aromatic carboxylic acids is 1. The summed E-state index contributed by atoms with van der Waals surface area (Å²) in [5.41, 5.74) is -0.0657. The van der Waals surface area contributed by atoms with E-state index in [0.29, 0.717) is 4.60 Å². The zero-order valence-corrected chi connectivity index (χ0v) is 11.5. The monoisotopic (exact) mass is 338 g/mol. The normalized spacial score (nSPS) is 10.1. The number of nitrogens with zero attached hydrogens (tertiary/aromatic N) is 1. The Morgan fingerprint density at radius 1 is 1.25 bits per heavy atom. The summed E-state index contributed by atoms with van der Waals surface area (Å²) in [6.45, 7) is 0. The fourth-order valence-electron chi connectivity index (χ4n) is 1.51. The third-order valence-corrected chi connectivity index (χ3v) is 2.92. The lowest BCUT2D eigenvalue weighted by atomic mass is 10.1. The maximum atomic E-state index is 13.2. The van der Waals surface area contributed by atoms with Crippen LogP contribution in [0.5, 0.6) is 0 Å². The van der Waals surface area contributed by atoms with Crippen LogP contribution in [0.3, 0.4) is 0 Å². The number of aromatic nitrogens is 1. The Morgan fingerprint density at radius 3 is 2.60 bits per heavy atom. The van der Waals surface area contributed by atoms with Crippen molar-refractivity contribution in [2.24, 2.45) is 0 Å². The van der Waals surface area contributed by atoms with Crippen molar-refractivity contribution in [2.75, 3.05) is 5.32 Å². The minimum atomic E-state index is -1.26. The van der Waals surface area contributed by atoms with Gasteiger partial charge in [-0.15, -0.1) is 0 Å². The number of anilines is 1. The predicted octanol–water partition coefficient (Wildman–Crippen LogP) is 2.93. The number of carboxylic acid groups (broad SMARTS) is 1. The molecule has 20 heavy (non-hydrogen) atoms. The van der Waals surface area contributed by atoms with E-state index in [1.54, 1.807) is 6.07 Å². The molecule has 2 aromatic rings. The van der Waals surface area contributed by atoms with Crippen LogP contribution in [0.25, 0.3) is 0 Å². The van der Waals surface area contributed by atoms with Crippen molar-refractivity contribution < 1.29 is 19.1 Å². The summed E-state index contributed by atoms with van der Waals surface area (Å²) in [5.74, 6) is -2.47. The highest BCUT2D eigenvalue weighted by Crippen LogP contribution is 2.18. The summed E-state index contributed by atoms with van der Waals surface area (Å²) in [6, 6.07) is 6.13. The number of pyridine rings is 1. The van der Waals surface area contributed by atoms with E-state index in [0.717, 1.165) is 18.2 Å². The summed E-state index contributed by atoms with van der Waals surface area (Å²) in [7, 11) is 0. The fourth-order valence-corrected chi connectivity index (χ4v) is 1.75. The first-order valence-electron chi connectivity index (χ1n) is 5.43. The molecule has 0 spiro atoms. The van der Waals surface area contributed by atoms with Crippen LogP contribution in [-0.4, -0.2) is 22.0 Å². The van der Waals surface area contributed by atoms with Crippen molar-refractivity contribution in [3.05, 3.63) is 58.1 Å². The van der Waals surface area contributed by atoms with Crippen molar-refractivity contribution in [3.8, 4) is 0 Å². The standard InChI is InChI=1S/C13H8BrFN2O3/c14-11-4-1-7(6-16-11)12(18)17-10-5-8(15)2-3-9(10)13(19)20/h1-6H,(H,17,18)(H,19,20). The van der Waals surface area contributed by atoms with E-state index in [9.17, 15) is 14.0 Å². The molecule has 1 amide bonds. The summed E-state index contributed by atoms with van der Waals surface area (Å²) < 4.78 is 13.7. The van der Waals surface area contributed by atoms with Gasteiger partial charge < -0.3 is 10.4 Å². The van der Waals surface area contributed by atoms with Gasteiger partial charge in [-0.05, 0) is 46.3 Å². The quantitative estimate of drug-likeness (QED) is 0.843. The topological polar surface area (TPSA) is 79.3 Å². The van der Waals surface area contributed by atoms with E-state index in [1.807, 2.05) is 0 Å². The summed E-state index contributed by atoms with van der Waals surface area (Å²) in [4.78, 5) is 26.8. The average Bonchev–Trinajstić information content (AvgIpc) is 2.39. The molecule has 0 saturated heterocycles. The van der Waals surface area contributed by atoms with Crippen LogP contribution in [0, 0.1) is 5.82 Å². The van der Waals surface area contributed by atoms with Crippen molar-refractivity contribution >= 4 is 33.5 Å². The van der Waals surface area contributed by atoms with Gasteiger partial charge >= 0.3 is 5.97 Å². The molecule has 0 aliphatic heterocycles. The van der Waals surface area contributed by atoms with Crippen LogP contribution < -0.4 is 5.32 Å². The van der Waals surface area contributed by atoms with Crippen LogP contribution in [0.15, 0.2) is 41.1 Å². The second-order valence-corrected chi connectivity index (χ2v) is 4.63. The Kier molecular flexibility index (Phi) is 4.09. The van der Waals surface area contributed by atoms with Gasteiger partial charge in [0.25, 0.3) is 5.91 Å². The highest BCUT2D eigenvalue weighted by molar-refractivity contribution is 9.10. The number of halogens is 2. The van der Waals surface area contributed by atoms with Gasteiger partial charge in [-0.2, -0.15) is 0 Å². The number of carbonyl (C=O) groups is 2. The third kappa shape index (κ3) is 3.18. The molecule has 7 heteroatoms. The first-order chi connectivity index (χ1) is 9.47. The number of carboxylic acids is 1. The molecule has 0 bridgehead atoms. The van der Waals surface area contributed by atoms with Crippen molar-refractivity contribution in [1.82, 2.24) is 4.98 Å². The molecule has 102 valence electrons. The Morgan fingerprint density at radius 2 is 2.00 bits per heavy atom. The maximum absolute atomic E-state index is 13.2. The first kappa shape index (κ1) is 14.1. The second-order valence-electron chi connectivity index (χ2n) is 3.82. The number of rotatable bonds is 3. The van der Waals surface area contributed by atoms with E-state index in [4.69, 9.17) is 5.11 Å². The predicted molar refractivity (Wildman–Crippen MR) is 73.2 cm³/mol. The molecule has 1 heterocycles. The Balaban J connectivity index is 2.29. The molecule has 0 radical (unpaired) electrons. The van der Waals surface area contributed by atoms with Gasteiger partial charge in [-0.25, -0.2) is 14.2 Å². The van der Waals surface area contributed by atoms with Crippen molar-refractivity contribution in [1.29, 1.82) is 0 Å². The average molecular weight is 339 g/mol. The minimum absolute atomic E-state index is 0.106. The maximum Gasteiger partial charge on any atom is 0.337 e. The molecule has 2 N–H and O–H groups in total. The molecular weight excluding hydrogens is 331 g/mol. The Bertz CT molecular complexity index is 674. The van der Waals surface area contributed by atoms with E-state index in [1.165, 1.54) is 12.3 Å². The second kappa shape index (κ2) is 5.79. The number of hydrogen-bond acceptors (Lipinski definition) is 3. The third-order valence-electron chi connectivity index (χ3n) is 2.45. The highest BCUT2D eigenvalue weighted by atomic mass is 79.9. The molecule has 0 unspecified atom stereocenters. The van der Waals surface area contributed by atoms with Gasteiger partial charge in [-0.1, -0.05) is 0 Å². The van der Waals surface area contributed by atoms with E-state index >= 15 is 0 Å². The van der Waals surface area contributed by atoms with Gasteiger partial charge in [0.1, 0.15) is 10.4 Å². The van der Waals surface area contributed by atoms with Crippen molar-refractivity contribution in [3.63, 3.8) is 0 Å². The molecular formula is C13H8BrFN2O3. The number of benzene rings is 1. The van der Waals surface area contributed by atoms with Crippen LogP contribution in [0.1, 0.15) is 20.7 Å². The van der Waals surface area contributed by atoms with E-state index in [2.05, 4.69) is 26.2 Å². The van der Waals surface area contributed by atoms with E-state index in [-0.39, 0.29) is 16.8 Å². The van der Waals surface area contributed by atoms with Crippen LogP contribution in [0.2, 0.25) is 0 Å². The SMILES string of the molecule is O=C(Nc1cc(F)ccc1C(=O)O)c1ccc(Br)nc1. The smallest absolute Gasteiger partial charge is 0.337 e. The molecule has 1 aromatic heterocycles. The number of carbonyl (C=O) groups excluding carboxylic acids is 1. The number of hydrogen-bond donors (Lipinski definition) is 2. The number of nitrogens with one attached hydrogen (secondary N) is 1. The van der Waals surface area contributed by atoms with Gasteiger partial charge in [0.2, 0.25) is 0 Å². The van der Waals surface area contributed by atoms with E-state index < -0.39 is 17.7 Å². The van der Waals surface area contributed by atoms with Crippen LogP contribution in [0.4, 0.5) is 10.1 Å². The summed E-state index contributed by atoms with van der Waals surface area (Å²) in [6.07, 6.45) is 1.32. The molecule has 0 fully saturated rings. The molecule has 0 atom stereocenters. The molecule has 2 rings (SSSR count). The largest absolute Gasteiger partial charge is 0.478 e. The lowest BCUT2D eigenvalue weighted by Crippen LogP contribution is -2.15. The van der Waals surface area contributed by atoms with Crippen molar-refractivity contribution in [2.45, 2.75) is 0 Å². The number of amides is 1. The lowest BCUT2D eigenvalue weighted by Gasteiger charge is -2.08. The minimum Gasteiger partial charge on any atom is -0.478 e. The molecule has 5 nitrogen and oxygen atoms in total. The molecule has 0 aliphatic rings. The van der Waals surface area contributed by atoms with Gasteiger partial charge in [-0.3, -0.25) is 4.79 Å². The molecule has 0 aliphatic carbocycles. The summed E-state index contributed by atoms with van der Waals surface area (Å²) in [5, 5.41) is 11.3. The van der Waals surface area contributed by atoms with Crippen LogP contribution >= 0.6 is 15.9 Å². The lowest BCUT2D eigenvalue weighted by molar-refractivity contribution is 0.0698. The van der Waals surface area contributed by atoms with Gasteiger partial charge in [0.05, 0.1) is 16.8 Å². The zero-order chi connectivity index (χ0) is 14.7. The molecule has 0 saturated carbocycles. The summed E-state index contributed by atoms with van der Waals surface area (Å²) >= 11 is 3.13. The van der Waals surface area contributed by atoms with Gasteiger partial charge in [0, 0.05) is 6.20 Å².